The van der Waals surface area contributed by atoms with Crippen molar-refractivity contribution >= 4 is 23.2 Å². The van der Waals surface area contributed by atoms with Crippen molar-refractivity contribution in [1.82, 2.24) is 30.2 Å². The van der Waals surface area contributed by atoms with E-state index in [2.05, 4.69) is 21.8 Å². The average molecular weight is 600 g/mol. The first-order valence-electron chi connectivity index (χ1n) is 13.7. The van der Waals surface area contributed by atoms with Gasteiger partial charge in [-0.05, 0) is 81.4 Å². The van der Waals surface area contributed by atoms with Crippen LogP contribution in [0.25, 0.3) is 0 Å². The van der Waals surface area contributed by atoms with E-state index < -0.39 is 23.6 Å². The molecule has 224 valence electrons. The Morgan fingerprint density at radius 2 is 1.86 bits per heavy atom. The molecule has 12 heteroatoms. The number of benzene rings is 2. The van der Waals surface area contributed by atoms with Crippen LogP contribution in [-0.2, 0) is 23.9 Å². The Kier molecular flexibility index (Phi) is 12.0. The summed E-state index contributed by atoms with van der Waals surface area (Å²) >= 11 is 5.59. The number of rotatable bonds is 13. The zero-order chi connectivity index (χ0) is 30.7. The van der Waals surface area contributed by atoms with Crippen molar-refractivity contribution in [2.75, 3.05) is 33.7 Å². The summed E-state index contributed by atoms with van der Waals surface area (Å²) in [7, 11) is 3.92. The number of hydrogen-bond donors (Lipinski definition) is 2. The smallest absolute Gasteiger partial charge is 0.361 e. The van der Waals surface area contributed by atoms with Gasteiger partial charge >= 0.3 is 6.18 Å². The van der Waals surface area contributed by atoms with Crippen molar-refractivity contribution < 1.29 is 18.0 Å². The molecule has 2 N–H and O–H groups in total. The lowest BCUT2D eigenvalue weighted by Gasteiger charge is -2.29. The summed E-state index contributed by atoms with van der Waals surface area (Å²) in [5.41, 5.74) is 4.05. The van der Waals surface area contributed by atoms with Crippen molar-refractivity contribution in [1.29, 1.82) is 5.26 Å². The zero-order valence-corrected chi connectivity index (χ0v) is 24.8. The number of aromatic nitrogens is 2. The fraction of sp³-hybridized carbons (Fsp3) is 0.400. The maximum Gasteiger partial charge on any atom is 0.416 e. The summed E-state index contributed by atoms with van der Waals surface area (Å²) in [6.07, 6.45) is -0.273. The molecular formula is C30H36F3N7OS. The number of nitriles is 1. The molecule has 1 atom stereocenters. The third kappa shape index (κ3) is 9.11. The third-order valence-corrected chi connectivity index (χ3v) is 6.91. The summed E-state index contributed by atoms with van der Waals surface area (Å²) in [6, 6.07) is 14.3. The second kappa shape index (κ2) is 15.4. The number of nitrogens with zero attached hydrogens (tertiary/aromatic N) is 5. The number of carbonyl (C=O) groups excluding carboxylic acids is 1. The average Bonchev–Trinajstić information content (AvgIpc) is 3.41. The number of halogens is 3. The lowest BCUT2D eigenvalue weighted by Crippen LogP contribution is -2.54. The van der Waals surface area contributed by atoms with E-state index in [-0.39, 0.29) is 17.1 Å². The standard InChI is InChI=1S/C30H36F3N7OS/c1-4-14-37-40(29(42)36-15-7-16-38(2)3)28(41)25(17-24-8-5-6-9-26(24)30(31,32)33)27-19-35-21-39(27)20-23-12-10-22(18-34)11-13-23/h5-6,8-13,19,21,25,37H,4,7,14-17,20H2,1-3H3,(H,36,42). The number of hydrazine groups is 1. The Morgan fingerprint density at radius 1 is 1.14 bits per heavy atom. The molecule has 0 bridgehead atoms. The number of thiocarbonyl (C=S) groups is 1. The molecule has 2 aromatic carbocycles. The lowest BCUT2D eigenvalue weighted by atomic mass is 9.92. The summed E-state index contributed by atoms with van der Waals surface area (Å²) in [5.74, 6) is -1.53. The van der Waals surface area contributed by atoms with Crippen LogP contribution in [0.4, 0.5) is 13.2 Å². The molecule has 3 rings (SSSR count). The van der Waals surface area contributed by atoms with Crippen LogP contribution in [-0.4, -0.2) is 64.2 Å². The van der Waals surface area contributed by atoms with E-state index >= 15 is 0 Å². The Hall–Kier alpha value is -3.79. The van der Waals surface area contributed by atoms with Gasteiger partial charge in [0.2, 0.25) is 0 Å². The molecule has 8 nitrogen and oxygen atoms in total. The van der Waals surface area contributed by atoms with Gasteiger partial charge in [0.15, 0.2) is 5.11 Å². The van der Waals surface area contributed by atoms with E-state index in [0.717, 1.165) is 24.6 Å². The third-order valence-electron chi connectivity index (χ3n) is 6.58. The number of hydrogen-bond acceptors (Lipinski definition) is 6. The molecule has 0 saturated heterocycles. The predicted octanol–water partition coefficient (Wildman–Crippen LogP) is 4.72. The highest BCUT2D eigenvalue weighted by Crippen LogP contribution is 2.35. The Morgan fingerprint density at radius 3 is 2.50 bits per heavy atom. The van der Waals surface area contributed by atoms with Gasteiger partial charge in [0, 0.05) is 25.8 Å². The first-order chi connectivity index (χ1) is 20.0. The Labute approximate surface area is 250 Å². The van der Waals surface area contributed by atoms with Crippen LogP contribution in [0.3, 0.4) is 0 Å². The molecule has 0 fully saturated rings. The molecule has 3 aromatic rings. The van der Waals surface area contributed by atoms with Crippen molar-refractivity contribution in [3.05, 3.63) is 89.0 Å². The summed E-state index contributed by atoms with van der Waals surface area (Å²) in [6.45, 7) is 4.01. The second-order valence-electron chi connectivity index (χ2n) is 10.1. The van der Waals surface area contributed by atoms with Crippen LogP contribution in [0.15, 0.2) is 61.1 Å². The fourth-order valence-corrected chi connectivity index (χ4v) is 4.70. The Balaban J connectivity index is 2.00. The van der Waals surface area contributed by atoms with E-state index in [0.29, 0.717) is 37.3 Å². The molecular weight excluding hydrogens is 563 g/mol. The SMILES string of the molecule is CCCNN(C(=O)C(Cc1ccccc1C(F)(F)F)c1cncn1Cc1ccc(C#N)cc1)C(=S)NCCCN(C)C. The number of alkyl halides is 3. The van der Waals surface area contributed by atoms with Crippen molar-refractivity contribution in [2.45, 2.75) is 44.8 Å². The molecule has 1 aromatic heterocycles. The molecule has 0 aliphatic rings. The molecule has 0 aliphatic heterocycles. The van der Waals surface area contributed by atoms with Crippen molar-refractivity contribution in [2.24, 2.45) is 0 Å². The van der Waals surface area contributed by atoms with E-state index in [9.17, 15) is 18.0 Å². The van der Waals surface area contributed by atoms with Gasteiger partial charge < -0.3 is 14.8 Å². The van der Waals surface area contributed by atoms with E-state index in [1.54, 1.807) is 35.2 Å². The van der Waals surface area contributed by atoms with E-state index in [4.69, 9.17) is 17.5 Å². The normalized spacial score (nSPS) is 12.1. The van der Waals surface area contributed by atoms with Crippen molar-refractivity contribution in [3.63, 3.8) is 0 Å². The highest BCUT2D eigenvalue weighted by Gasteiger charge is 2.36. The zero-order valence-electron chi connectivity index (χ0n) is 24.0. The quantitative estimate of drug-likeness (QED) is 0.167. The monoisotopic (exact) mass is 599 g/mol. The van der Waals surface area contributed by atoms with Gasteiger partial charge in [-0.15, -0.1) is 0 Å². The van der Waals surface area contributed by atoms with Crippen LogP contribution >= 0.6 is 12.2 Å². The molecule has 0 spiro atoms. The highest BCUT2D eigenvalue weighted by molar-refractivity contribution is 7.80. The number of nitrogens with one attached hydrogen (secondary N) is 2. The number of carbonyl (C=O) groups is 1. The minimum Gasteiger partial charge on any atom is -0.361 e. The first-order valence-corrected chi connectivity index (χ1v) is 14.1. The second-order valence-corrected chi connectivity index (χ2v) is 10.5. The van der Waals surface area contributed by atoms with E-state index in [1.165, 1.54) is 29.4 Å². The van der Waals surface area contributed by atoms with Crippen LogP contribution < -0.4 is 10.7 Å². The van der Waals surface area contributed by atoms with Gasteiger partial charge in [-0.25, -0.2) is 15.4 Å². The minimum absolute atomic E-state index is 0.00484. The van der Waals surface area contributed by atoms with Crippen LogP contribution in [0.5, 0.6) is 0 Å². The van der Waals surface area contributed by atoms with Crippen LogP contribution in [0.2, 0.25) is 0 Å². The van der Waals surface area contributed by atoms with Gasteiger partial charge in [-0.1, -0.05) is 37.3 Å². The van der Waals surface area contributed by atoms with E-state index in [1.807, 2.05) is 25.9 Å². The molecule has 0 saturated carbocycles. The molecule has 1 heterocycles. The largest absolute Gasteiger partial charge is 0.416 e. The Bertz CT molecular complexity index is 1370. The van der Waals surface area contributed by atoms with Gasteiger partial charge in [0.25, 0.3) is 5.91 Å². The number of amides is 1. The predicted molar refractivity (Wildman–Crippen MR) is 159 cm³/mol. The molecule has 1 amide bonds. The molecule has 0 radical (unpaired) electrons. The molecule has 1 unspecified atom stereocenters. The summed E-state index contributed by atoms with van der Waals surface area (Å²) < 4.78 is 43.7. The van der Waals surface area contributed by atoms with Crippen LogP contribution in [0.1, 0.15) is 53.6 Å². The van der Waals surface area contributed by atoms with Crippen molar-refractivity contribution in [3.8, 4) is 6.07 Å². The lowest BCUT2D eigenvalue weighted by molar-refractivity contribution is -0.139. The van der Waals surface area contributed by atoms with Gasteiger partial charge in [-0.2, -0.15) is 18.4 Å². The fourth-order valence-electron chi connectivity index (χ4n) is 4.45. The topological polar surface area (TPSA) is 89.2 Å². The van der Waals surface area contributed by atoms with Gasteiger partial charge in [-0.3, -0.25) is 4.79 Å². The van der Waals surface area contributed by atoms with Gasteiger partial charge in [0.05, 0.1) is 35.1 Å². The maximum absolute atomic E-state index is 14.3. The maximum atomic E-state index is 14.3. The highest BCUT2D eigenvalue weighted by atomic mass is 32.1. The minimum atomic E-state index is -4.59. The molecule has 0 aliphatic carbocycles. The first kappa shape index (κ1) is 32.7. The van der Waals surface area contributed by atoms with Crippen LogP contribution in [0, 0.1) is 11.3 Å². The summed E-state index contributed by atoms with van der Waals surface area (Å²) in [5, 5.41) is 13.6. The van der Waals surface area contributed by atoms with Gasteiger partial charge in [0.1, 0.15) is 0 Å². The summed E-state index contributed by atoms with van der Waals surface area (Å²) in [4.78, 5) is 20.5. The number of imidazole rings is 1. The molecule has 42 heavy (non-hydrogen) atoms.